The standard InChI is InChI=1S/C27H21N3O4/c31-27(34-17-24-21-10-3-1-8-19(21)20-9-2-4-11-22(20)24)29-16-5-7-18-13-14-25(30(32)33)23-12-6-15-28-26(18)23/h1-15,24H,16-17H2,(H,29,31). The average molecular weight is 451 g/mol. The van der Waals surface area contributed by atoms with E-state index >= 15 is 0 Å². The Balaban J connectivity index is 1.21. The molecule has 0 spiro atoms. The van der Waals surface area contributed by atoms with E-state index in [4.69, 9.17) is 4.74 Å². The molecular formula is C27H21N3O4. The third-order valence-electron chi connectivity index (χ3n) is 5.98. The normalized spacial score (nSPS) is 12.5. The molecule has 1 amide bonds. The zero-order valence-corrected chi connectivity index (χ0v) is 18.2. The summed E-state index contributed by atoms with van der Waals surface area (Å²) in [7, 11) is 0. The van der Waals surface area contributed by atoms with E-state index in [0.717, 1.165) is 16.7 Å². The van der Waals surface area contributed by atoms with E-state index < -0.39 is 11.0 Å². The van der Waals surface area contributed by atoms with Crippen molar-refractivity contribution in [3.63, 3.8) is 0 Å². The first-order valence-electron chi connectivity index (χ1n) is 10.9. The van der Waals surface area contributed by atoms with Crippen molar-refractivity contribution >= 4 is 28.8 Å². The van der Waals surface area contributed by atoms with Gasteiger partial charge >= 0.3 is 6.09 Å². The van der Waals surface area contributed by atoms with Crippen LogP contribution < -0.4 is 5.32 Å². The molecule has 1 heterocycles. The van der Waals surface area contributed by atoms with Gasteiger partial charge in [0.2, 0.25) is 0 Å². The zero-order chi connectivity index (χ0) is 23.5. The molecule has 0 atom stereocenters. The third kappa shape index (κ3) is 3.99. The second-order valence-electron chi connectivity index (χ2n) is 7.94. The minimum Gasteiger partial charge on any atom is -0.449 e. The molecule has 7 nitrogen and oxygen atoms in total. The molecule has 5 rings (SSSR count). The number of ether oxygens (including phenoxy) is 1. The first-order valence-corrected chi connectivity index (χ1v) is 10.9. The number of fused-ring (bicyclic) bond motifs is 4. The van der Waals surface area contributed by atoms with Gasteiger partial charge in [-0.1, -0.05) is 60.7 Å². The Hall–Kier alpha value is -4.52. The van der Waals surface area contributed by atoms with Gasteiger partial charge in [-0.3, -0.25) is 15.1 Å². The highest BCUT2D eigenvalue weighted by atomic mass is 16.6. The predicted octanol–water partition coefficient (Wildman–Crippen LogP) is 5.69. The Labute approximate surface area is 195 Å². The first-order chi connectivity index (χ1) is 16.6. The van der Waals surface area contributed by atoms with E-state index in [2.05, 4.69) is 34.6 Å². The molecular weight excluding hydrogens is 430 g/mol. The molecule has 0 saturated heterocycles. The summed E-state index contributed by atoms with van der Waals surface area (Å²) in [4.78, 5) is 27.4. The number of carbonyl (C=O) groups is 1. The van der Waals surface area contributed by atoms with Crippen molar-refractivity contribution in [2.75, 3.05) is 13.2 Å². The van der Waals surface area contributed by atoms with Crippen LogP contribution in [0, 0.1) is 10.1 Å². The van der Waals surface area contributed by atoms with Crippen LogP contribution in [0.4, 0.5) is 10.5 Å². The van der Waals surface area contributed by atoms with Crippen LogP contribution in [0.5, 0.6) is 0 Å². The van der Waals surface area contributed by atoms with E-state index in [1.807, 2.05) is 24.3 Å². The summed E-state index contributed by atoms with van der Waals surface area (Å²) in [5.74, 6) is 0.00578. The predicted molar refractivity (Wildman–Crippen MR) is 131 cm³/mol. The second kappa shape index (κ2) is 9.15. The molecule has 0 fully saturated rings. The number of nitro benzene ring substituents is 1. The van der Waals surface area contributed by atoms with Crippen LogP contribution in [-0.4, -0.2) is 29.2 Å². The number of benzene rings is 3. The van der Waals surface area contributed by atoms with Crippen LogP contribution in [0.15, 0.2) is 85.1 Å². The molecule has 4 aromatic rings. The van der Waals surface area contributed by atoms with Gasteiger partial charge in [-0.25, -0.2) is 4.79 Å². The van der Waals surface area contributed by atoms with Gasteiger partial charge in [0.05, 0.1) is 15.8 Å². The fraction of sp³-hybridized carbons (Fsp3) is 0.111. The molecule has 0 saturated carbocycles. The molecule has 3 aromatic carbocycles. The number of hydrogen-bond donors (Lipinski definition) is 1. The van der Waals surface area contributed by atoms with Crippen LogP contribution in [0.1, 0.15) is 22.6 Å². The molecule has 1 N–H and O–H groups in total. The smallest absolute Gasteiger partial charge is 0.407 e. The molecule has 7 heteroatoms. The van der Waals surface area contributed by atoms with Gasteiger partial charge < -0.3 is 10.1 Å². The van der Waals surface area contributed by atoms with Gasteiger partial charge in [0, 0.05) is 30.3 Å². The highest BCUT2D eigenvalue weighted by Gasteiger charge is 2.28. The van der Waals surface area contributed by atoms with E-state index in [-0.39, 0.29) is 24.8 Å². The van der Waals surface area contributed by atoms with Crippen LogP contribution in [0.2, 0.25) is 0 Å². The molecule has 0 aliphatic heterocycles. The van der Waals surface area contributed by atoms with Gasteiger partial charge in [-0.15, -0.1) is 0 Å². The van der Waals surface area contributed by atoms with Crippen LogP contribution >= 0.6 is 0 Å². The third-order valence-corrected chi connectivity index (χ3v) is 5.98. The summed E-state index contributed by atoms with van der Waals surface area (Å²) < 4.78 is 5.53. The number of nitrogens with one attached hydrogen (secondary N) is 1. The van der Waals surface area contributed by atoms with E-state index in [0.29, 0.717) is 10.9 Å². The minimum absolute atomic E-state index is 0.00578. The fourth-order valence-corrected chi connectivity index (χ4v) is 4.45. The maximum atomic E-state index is 12.3. The lowest BCUT2D eigenvalue weighted by molar-refractivity contribution is -0.383. The maximum Gasteiger partial charge on any atom is 0.407 e. The molecule has 1 aliphatic carbocycles. The van der Waals surface area contributed by atoms with Gasteiger partial charge in [-0.05, 0) is 40.5 Å². The molecule has 168 valence electrons. The summed E-state index contributed by atoms with van der Waals surface area (Å²) in [5.41, 5.74) is 5.96. The lowest BCUT2D eigenvalue weighted by atomic mass is 9.98. The molecule has 1 aliphatic rings. The summed E-state index contributed by atoms with van der Waals surface area (Å²) in [6, 6.07) is 22.8. The number of nitrogens with zero attached hydrogens (tertiary/aromatic N) is 2. The molecule has 0 bridgehead atoms. The van der Waals surface area contributed by atoms with E-state index in [1.165, 1.54) is 17.2 Å². The Morgan fingerprint density at radius 3 is 2.41 bits per heavy atom. The van der Waals surface area contributed by atoms with Gasteiger partial charge in [0.1, 0.15) is 6.61 Å². The van der Waals surface area contributed by atoms with Crippen molar-refractivity contribution in [1.82, 2.24) is 10.3 Å². The molecule has 34 heavy (non-hydrogen) atoms. The van der Waals surface area contributed by atoms with Gasteiger partial charge in [0.25, 0.3) is 5.69 Å². The summed E-state index contributed by atoms with van der Waals surface area (Å²) in [6.45, 7) is 0.502. The van der Waals surface area contributed by atoms with Gasteiger partial charge in [-0.2, -0.15) is 0 Å². The Morgan fingerprint density at radius 1 is 1.00 bits per heavy atom. The number of hydrogen-bond acceptors (Lipinski definition) is 5. The number of non-ortho nitro benzene ring substituents is 1. The molecule has 0 radical (unpaired) electrons. The Kier molecular flexibility index (Phi) is 5.74. The molecule has 0 unspecified atom stereocenters. The highest BCUT2D eigenvalue weighted by Crippen LogP contribution is 2.44. The number of aromatic nitrogens is 1. The van der Waals surface area contributed by atoms with Crippen molar-refractivity contribution in [3.05, 3.63) is 112 Å². The summed E-state index contributed by atoms with van der Waals surface area (Å²) >= 11 is 0. The number of amides is 1. The zero-order valence-electron chi connectivity index (χ0n) is 18.2. The van der Waals surface area contributed by atoms with Crippen LogP contribution in [0.25, 0.3) is 28.1 Å². The number of rotatable bonds is 6. The number of pyridine rings is 1. The van der Waals surface area contributed by atoms with E-state index in [1.54, 1.807) is 36.5 Å². The van der Waals surface area contributed by atoms with Crippen molar-refractivity contribution in [3.8, 4) is 11.1 Å². The lowest BCUT2D eigenvalue weighted by Crippen LogP contribution is -2.26. The number of carbonyl (C=O) groups excluding carboxylic acids is 1. The summed E-state index contributed by atoms with van der Waals surface area (Å²) in [5, 5.41) is 14.5. The van der Waals surface area contributed by atoms with E-state index in [9.17, 15) is 14.9 Å². The largest absolute Gasteiger partial charge is 0.449 e. The first kappa shape index (κ1) is 21.3. The van der Waals surface area contributed by atoms with Crippen molar-refractivity contribution in [2.24, 2.45) is 0 Å². The monoisotopic (exact) mass is 451 g/mol. The second-order valence-corrected chi connectivity index (χ2v) is 7.94. The van der Waals surface area contributed by atoms with Crippen LogP contribution in [-0.2, 0) is 4.74 Å². The number of nitro groups is 1. The average Bonchev–Trinajstić information content (AvgIpc) is 3.19. The summed E-state index contributed by atoms with van der Waals surface area (Å²) in [6.07, 6.45) is 4.64. The van der Waals surface area contributed by atoms with Crippen molar-refractivity contribution < 1.29 is 14.5 Å². The minimum atomic E-state index is -0.502. The topological polar surface area (TPSA) is 94.4 Å². The van der Waals surface area contributed by atoms with Crippen molar-refractivity contribution in [2.45, 2.75) is 5.92 Å². The lowest BCUT2D eigenvalue weighted by Gasteiger charge is -2.14. The number of alkyl carbamates (subject to hydrolysis) is 1. The SMILES string of the molecule is O=C(NCC=Cc1ccc([N+](=O)[O-])c2cccnc12)OCC1c2ccccc2-c2ccccc21. The maximum absolute atomic E-state index is 12.3. The fourth-order valence-electron chi connectivity index (χ4n) is 4.45. The highest BCUT2D eigenvalue weighted by molar-refractivity contribution is 5.93. The van der Waals surface area contributed by atoms with Gasteiger partial charge in [0.15, 0.2) is 0 Å². The van der Waals surface area contributed by atoms with Crippen molar-refractivity contribution in [1.29, 1.82) is 0 Å². The Morgan fingerprint density at radius 2 is 1.71 bits per heavy atom. The quantitative estimate of drug-likeness (QED) is 0.300. The van der Waals surface area contributed by atoms with Crippen LogP contribution in [0.3, 0.4) is 0 Å². The molecule has 1 aromatic heterocycles. The Bertz CT molecular complexity index is 1390.